The fourth-order valence-electron chi connectivity index (χ4n) is 2.29. The van der Waals surface area contributed by atoms with Crippen molar-refractivity contribution in [1.82, 2.24) is 5.32 Å². The number of ether oxygens (including phenoxy) is 1. The third kappa shape index (κ3) is 4.66. The van der Waals surface area contributed by atoms with Crippen molar-refractivity contribution in [2.75, 3.05) is 13.2 Å². The normalized spacial score (nSPS) is 24.3. The van der Waals surface area contributed by atoms with Gasteiger partial charge >= 0.3 is 5.97 Å². The molecule has 1 aliphatic rings. The summed E-state index contributed by atoms with van der Waals surface area (Å²) < 4.78 is 5.08. The first-order valence-electron chi connectivity index (χ1n) is 6.80. The molecule has 0 aromatic carbocycles. The molecular weight excluding hydrogens is 228 g/mol. The van der Waals surface area contributed by atoms with Crippen LogP contribution in [-0.2, 0) is 9.53 Å². The number of hydrogen-bond donors (Lipinski definition) is 1. The zero-order valence-electron chi connectivity index (χ0n) is 11.7. The zero-order chi connectivity index (χ0) is 13.6. The minimum absolute atomic E-state index is 0.0291. The van der Waals surface area contributed by atoms with Crippen LogP contribution in [0.25, 0.3) is 0 Å². The molecule has 1 saturated carbocycles. The number of carbonyl (C=O) groups excluding carboxylic acids is 1. The number of nitrogens with one attached hydrogen (secondary N) is 1. The Morgan fingerprint density at radius 2 is 2.22 bits per heavy atom. The monoisotopic (exact) mass is 252 g/mol. The third-order valence-corrected chi connectivity index (χ3v) is 3.43. The molecule has 0 radical (unpaired) electrons. The lowest BCUT2D eigenvalue weighted by molar-refractivity contribution is -0.149. The van der Waals surface area contributed by atoms with Gasteiger partial charge < -0.3 is 10.1 Å². The first-order valence-corrected chi connectivity index (χ1v) is 6.80. The van der Waals surface area contributed by atoms with E-state index in [-0.39, 0.29) is 17.3 Å². The Labute approximate surface area is 110 Å². The highest BCUT2D eigenvalue weighted by molar-refractivity contribution is 5.72. The van der Waals surface area contributed by atoms with Crippen LogP contribution in [0.5, 0.6) is 0 Å². The number of hydrogen-bond acceptors (Lipinski definition) is 4. The first-order chi connectivity index (χ1) is 8.48. The lowest BCUT2D eigenvalue weighted by Crippen LogP contribution is -2.41. The van der Waals surface area contributed by atoms with Crippen LogP contribution >= 0.6 is 0 Å². The van der Waals surface area contributed by atoms with Crippen molar-refractivity contribution in [3.63, 3.8) is 0 Å². The first kappa shape index (κ1) is 15.0. The Morgan fingerprint density at radius 1 is 1.50 bits per heavy atom. The van der Waals surface area contributed by atoms with Gasteiger partial charge in [-0.3, -0.25) is 4.79 Å². The maximum absolute atomic E-state index is 11.7. The van der Waals surface area contributed by atoms with E-state index in [0.29, 0.717) is 19.2 Å². The molecular formula is C14H24N2O2. The number of esters is 1. The molecule has 2 unspecified atom stereocenters. The van der Waals surface area contributed by atoms with Gasteiger partial charge in [0.1, 0.15) is 0 Å². The molecule has 2 atom stereocenters. The predicted molar refractivity (Wildman–Crippen MR) is 69.8 cm³/mol. The third-order valence-electron chi connectivity index (χ3n) is 3.43. The fourth-order valence-corrected chi connectivity index (χ4v) is 2.29. The second-order valence-electron chi connectivity index (χ2n) is 5.69. The van der Waals surface area contributed by atoms with Gasteiger partial charge in [-0.25, -0.2) is 0 Å². The summed E-state index contributed by atoms with van der Waals surface area (Å²) >= 11 is 0. The zero-order valence-corrected chi connectivity index (χ0v) is 11.7. The van der Waals surface area contributed by atoms with Crippen LogP contribution in [0.2, 0.25) is 0 Å². The van der Waals surface area contributed by atoms with Gasteiger partial charge in [-0.1, -0.05) is 6.42 Å². The van der Waals surface area contributed by atoms with Gasteiger partial charge in [0.05, 0.1) is 24.0 Å². The van der Waals surface area contributed by atoms with Crippen molar-refractivity contribution < 1.29 is 9.53 Å². The van der Waals surface area contributed by atoms with E-state index in [2.05, 4.69) is 11.4 Å². The Bertz CT molecular complexity index is 320. The molecule has 1 fully saturated rings. The summed E-state index contributed by atoms with van der Waals surface area (Å²) in [7, 11) is 0. The van der Waals surface area contributed by atoms with Gasteiger partial charge in [-0.05, 0) is 40.0 Å². The van der Waals surface area contributed by atoms with E-state index < -0.39 is 0 Å². The Kier molecular flexibility index (Phi) is 5.61. The van der Waals surface area contributed by atoms with Crippen LogP contribution in [0.1, 0.15) is 46.5 Å². The van der Waals surface area contributed by atoms with Crippen LogP contribution in [0.3, 0.4) is 0 Å². The molecule has 4 nitrogen and oxygen atoms in total. The Balaban J connectivity index is 2.40. The number of nitriles is 1. The van der Waals surface area contributed by atoms with Gasteiger partial charge in [0.25, 0.3) is 0 Å². The summed E-state index contributed by atoms with van der Waals surface area (Å²) in [6.07, 6.45) is 3.89. The summed E-state index contributed by atoms with van der Waals surface area (Å²) in [5, 5.41) is 12.4. The molecule has 0 aliphatic heterocycles. The van der Waals surface area contributed by atoms with E-state index in [4.69, 9.17) is 10.00 Å². The molecule has 0 aromatic heterocycles. The summed E-state index contributed by atoms with van der Waals surface area (Å²) in [6.45, 7) is 6.81. The largest absolute Gasteiger partial charge is 0.466 e. The van der Waals surface area contributed by atoms with Gasteiger partial charge in [-0.15, -0.1) is 0 Å². The molecule has 0 saturated heterocycles. The smallest absolute Gasteiger partial charge is 0.308 e. The predicted octanol–water partition coefficient (Wildman–Crippen LogP) is 2.25. The van der Waals surface area contributed by atoms with E-state index in [0.717, 1.165) is 25.7 Å². The van der Waals surface area contributed by atoms with E-state index in [9.17, 15) is 4.79 Å². The molecule has 0 bridgehead atoms. The molecule has 0 aromatic rings. The topological polar surface area (TPSA) is 62.1 Å². The number of carbonyl (C=O) groups is 1. The minimum atomic E-state index is -0.350. The van der Waals surface area contributed by atoms with E-state index in [1.165, 1.54) is 0 Å². The SMILES string of the molecule is CCOC(=O)C1CCCC(NCC(C)(C)C#N)C1. The van der Waals surface area contributed by atoms with E-state index in [1.54, 1.807) is 0 Å². The second kappa shape index (κ2) is 6.75. The summed E-state index contributed by atoms with van der Waals surface area (Å²) in [6, 6.07) is 2.62. The van der Waals surface area contributed by atoms with Crippen molar-refractivity contribution in [3.8, 4) is 6.07 Å². The minimum Gasteiger partial charge on any atom is -0.466 e. The highest BCUT2D eigenvalue weighted by Gasteiger charge is 2.29. The molecule has 1 aliphatic carbocycles. The number of rotatable bonds is 5. The average Bonchev–Trinajstić information content (AvgIpc) is 2.37. The van der Waals surface area contributed by atoms with Gasteiger partial charge in [0, 0.05) is 12.6 Å². The van der Waals surface area contributed by atoms with Crippen LogP contribution in [0.15, 0.2) is 0 Å². The lowest BCUT2D eigenvalue weighted by Gasteiger charge is -2.30. The van der Waals surface area contributed by atoms with Crippen LogP contribution < -0.4 is 5.32 Å². The van der Waals surface area contributed by atoms with Crippen molar-refractivity contribution in [1.29, 1.82) is 5.26 Å². The van der Waals surface area contributed by atoms with Crippen molar-refractivity contribution in [3.05, 3.63) is 0 Å². The summed E-state index contributed by atoms with van der Waals surface area (Å²) in [5.41, 5.74) is -0.350. The molecule has 102 valence electrons. The molecule has 18 heavy (non-hydrogen) atoms. The van der Waals surface area contributed by atoms with E-state index >= 15 is 0 Å². The fraction of sp³-hybridized carbons (Fsp3) is 0.857. The van der Waals surface area contributed by atoms with E-state index in [1.807, 2.05) is 20.8 Å². The molecule has 0 heterocycles. The Hall–Kier alpha value is -1.08. The van der Waals surface area contributed by atoms with Crippen molar-refractivity contribution in [2.24, 2.45) is 11.3 Å². The highest BCUT2D eigenvalue weighted by atomic mass is 16.5. The van der Waals surface area contributed by atoms with Gasteiger partial charge in [0.2, 0.25) is 0 Å². The Morgan fingerprint density at radius 3 is 2.83 bits per heavy atom. The number of nitrogens with zero attached hydrogens (tertiary/aromatic N) is 1. The summed E-state index contributed by atoms with van der Waals surface area (Å²) in [5.74, 6) is -0.0371. The summed E-state index contributed by atoms with van der Waals surface area (Å²) in [4.78, 5) is 11.7. The second-order valence-corrected chi connectivity index (χ2v) is 5.69. The molecule has 0 amide bonds. The van der Waals surface area contributed by atoms with Gasteiger partial charge in [0.15, 0.2) is 0 Å². The van der Waals surface area contributed by atoms with Crippen molar-refractivity contribution >= 4 is 5.97 Å². The molecule has 0 spiro atoms. The molecule has 1 N–H and O–H groups in total. The van der Waals surface area contributed by atoms with Gasteiger partial charge in [-0.2, -0.15) is 5.26 Å². The lowest BCUT2D eigenvalue weighted by atomic mass is 9.85. The standard InChI is InChI=1S/C14H24N2O2/c1-4-18-13(17)11-6-5-7-12(8-11)16-10-14(2,3)9-15/h11-12,16H,4-8,10H2,1-3H3. The molecule has 4 heteroatoms. The van der Waals surface area contributed by atoms with Crippen molar-refractivity contribution in [2.45, 2.75) is 52.5 Å². The quantitative estimate of drug-likeness (QED) is 0.762. The average molecular weight is 252 g/mol. The van der Waals surface area contributed by atoms with Crippen LogP contribution in [0.4, 0.5) is 0 Å². The maximum atomic E-state index is 11.7. The molecule has 1 rings (SSSR count). The highest BCUT2D eigenvalue weighted by Crippen LogP contribution is 2.26. The van der Waals surface area contributed by atoms with Crippen LogP contribution in [0, 0.1) is 22.7 Å². The maximum Gasteiger partial charge on any atom is 0.308 e. The van der Waals surface area contributed by atoms with Crippen LogP contribution in [-0.4, -0.2) is 25.2 Å².